The summed E-state index contributed by atoms with van der Waals surface area (Å²) in [5.41, 5.74) is 20.7. The predicted molar refractivity (Wildman–Crippen MR) is 339 cm³/mol. The summed E-state index contributed by atoms with van der Waals surface area (Å²) in [6, 6.07) is 57.5. The molecule has 2 nitrogen and oxygen atoms in total. The lowest BCUT2D eigenvalue weighted by Crippen LogP contribution is -2.25. The summed E-state index contributed by atoms with van der Waals surface area (Å²) in [6.07, 6.45) is 28.4. The van der Waals surface area contributed by atoms with Gasteiger partial charge in [-0.1, -0.05) is 292 Å². The molecule has 0 N–H and O–H groups in total. The van der Waals surface area contributed by atoms with Crippen LogP contribution in [-0.4, -0.2) is 13.7 Å². The zero-order chi connectivity index (χ0) is 55.1. The van der Waals surface area contributed by atoms with E-state index in [2.05, 4.69) is 225 Å². The Morgan fingerprint density at radius 1 is 0.423 bits per heavy atom. The van der Waals surface area contributed by atoms with Gasteiger partial charge in [0.25, 0.3) is 0 Å². The van der Waals surface area contributed by atoms with Gasteiger partial charge < -0.3 is 9.47 Å². The van der Waals surface area contributed by atoms with E-state index in [1.807, 2.05) is 0 Å². The average molecular weight is 1040 g/mol. The van der Waals surface area contributed by atoms with E-state index in [0.29, 0.717) is 12.5 Å². The Bertz CT molecular complexity index is 2890. The Morgan fingerprint density at radius 2 is 0.821 bits per heavy atom. The largest absolute Gasteiger partial charge is 0.496 e. The smallest absolute Gasteiger partial charge is 0.127 e. The van der Waals surface area contributed by atoms with E-state index < -0.39 is 0 Å². The molecule has 1 aliphatic carbocycles. The maximum Gasteiger partial charge on any atom is 0.127 e. The molecule has 8 rings (SSSR count). The molecule has 0 saturated carbocycles. The first-order valence-corrected chi connectivity index (χ1v) is 30.4. The van der Waals surface area contributed by atoms with E-state index in [1.54, 1.807) is 18.2 Å². The van der Waals surface area contributed by atoms with E-state index in [-0.39, 0.29) is 5.41 Å². The Balaban J connectivity index is 0.000000246. The van der Waals surface area contributed by atoms with Gasteiger partial charge in [0, 0.05) is 16.5 Å². The highest BCUT2D eigenvalue weighted by molar-refractivity contribution is 5.95. The van der Waals surface area contributed by atoms with Crippen LogP contribution >= 0.6 is 0 Å². The summed E-state index contributed by atoms with van der Waals surface area (Å²) in [4.78, 5) is 0. The van der Waals surface area contributed by atoms with Crippen molar-refractivity contribution in [3.05, 3.63) is 224 Å². The molecule has 0 aromatic heterocycles. The Hall–Kier alpha value is -6.38. The van der Waals surface area contributed by atoms with Crippen molar-refractivity contribution in [1.82, 2.24) is 0 Å². The lowest BCUT2D eigenvalue weighted by molar-refractivity contribution is 0.232. The van der Waals surface area contributed by atoms with Crippen LogP contribution in [0.1, 0.15) is 210 Å². The van der Waals surface area contributed by atoms with Crippen LogP contribution < -0.4 is 9.47 Å². The fourth-order valence-corrected chi connectivity index (χ4v) is 11.7. The van der Waals surface area contributed by atoms with Crippen LogP contribution in [0.25, 0.3) is 34.4 Å². The van der Waals surface area contributed by atoms with Gasteiger partial charge in [-0.25, -0.2) is 0 Å². The standard InChI is InChI=1S/C45H48O2.C31H46/c1-6-8-15-35(7-2)32-47-45-31-40(28-42(36-16-11-9-12-17-36)38-24-20-33(3)21-25-38)44(46-5)30-41(45)29-43(37-18-13-10-14-19-37)39-26-22-34(4)23-27-39;1-5-7-9-11-13-15-21-31(22-16-14-12-10-8-6-2)29-23-25(3)17-19-27(29)28-20-18-26(4)24-30(28)31/h9-14,16-31,35H,6-8,15,32H2,1-5H3;17-20,23-24H,5-16,21-22H2,1-4H3. The van der Waals surface area contributed by atoms with Gasteiger partial charge in [0.1, 0.15) is 11.5 Å². The molecule has 0 spiro atoms. The van der Waals surface area contributed by atoms with Crippen molar-refractivity contribution < 1.29 is 9.47 Å². The van der Waals surface area contributed by atoms with Crippen molar-refractivity contribution in [2.24, 2.45) is 5.92 Å². The lowest BCUT2D eigenvalue weighted by atomic mass is 9.70. The third-order valence-electron chi connectivity index (χ3n) is 16.5. The van der Waals surface area contributed by atoms with Crippen molar-refractivity contribution in [2.75, 3.05) is 13.7 Å². The monoisotopic (exact) mass is 1040 g/mol. The van der Waals surface area contributed by atoms with Crippen molar-refractivity contribution in [3.63, 3.8) is 0 Å². The zero-order valence-corrected chi connectivity index (χ0v) is 49.5. The second-order valence-corrected chi connectivity index (χ2v) is 22.7. The molecule has 1 unspecified atom stereocenters. The van der Waals surface area contributed by atoms with E-state index in [1.165, 1.54) is 143 Å². The van der Waals surface area contributed by atoms with E-state index in [9.17, 15) is 0 Å². The van der Waals surface area contributed by atoms with Crippen LogP contribution in [0.3, 0.4) is 0 Å². The van der Waals surface area contributed by atoms with Gasteiger partial charge >= 0.3 is 0 Å². The molecule has 0 radical (unpaired) electrons. The summed E-state index contributed by atoms with van der Waals surface area (Å²) in [5, 5.41) is 0. The van der Waals surface area contributed by atoms with Gasteiger partial charge in [-0.05, 0) is 133 Å². The molecule has 0 aliphatic heterocycles. The van der Waals surface area contributed by atoms with E-state index in [0.717, 1.165) is 62.4 Å². The number of hydrogen-bond donors (Lipinski definition) is 0. The number of rotatable bonds is 28. The number of unbranched alkanes of at least 4 members (excludes halogenated alkanes) is 11. The van der Waals surface area contributed by atoms with Crippen LogP contribution in [0.2, 0.25) is 0 Å². The van der Waals surface area contributed by atoms with E-state index >= 15 is 0 Å². The molecule has 0 fully saturated rings. The summed E-state index contributed by atoms with van der Waals surface area (Å²) in [7, 11) is 1.75. The van der Waals surface area contributed by atoms with Gasteiger partial charge in [-0.3, -0.25) is 0 Å². The highest BCUT2D eigenvalue weighted by atomic mass is 16.5. The maximum absolute atomic E-state index is 6.80. The average Bonchev–Trinajstić information content (AvgIpc) is 3.88. The van der Waals surface area contributed by atoms with Crippen LogP contribution in [0.15, 0.2) is 158 Å². The number of benzene rings is 7. The first-order valence-electron chi connectivity index (χ1n) is 30.4. The molecule has 0 amide bonds. The highest BCUT2D eigenvalue weighted by Crippen LogP contribution is 2.55. The number of hydrogen-bond acceptors (Lipinski definition) is 2. The number of ether oxygens (including phenoxy) is 2. The van der Waals surface area contributed by atoms with Gasteiger partial charge in [-0.15, -0.1) is 0 Å². The normalized spacial score (nSPS) is 13.1. The molecule has 2 heteroatoms. The first kappa shape index (κ1) is 59.3. The molecular formula is C76H94O2. The van der Waals surface area contributed by atoms with Crippen molar-refractivity contribution in [1.29, 1.82) is 0 Å². The van der Waals surface area contributed by atoms with Gasteiger partial charge in [0.15, 0.2) is 0 Å². The fourth-order valence-electron chi connectivity index (χ4n) is 11.7. The first-order chi connectivity index (χ1) is 38.1. The molecule has 1 atom stereocenters. The molecular weight excluding hydrogens is 945 g/mol. The Morgan fingerprint density at radius 3 is 1.26 bits per heavy atom. The minimum absolute atomic E-state index is 0.234. The van der Waals surface area contributed by atoms with Crippen molar-refractivity contribution in [2.45, 2.75) is 176 Å². The summed E-state index contributed by atoms with van der Waals surface area (Å²) in [6.45, 7) is 18.6. The minimum Gasteiger partial charge on any atom is -0.496 e. The number of methoxy groups -OCH3 is 1. The van der Waals surface area contributed by atoms with Gasteiger partial charge in [0.2, 0.25) is 0 Å². The molecule has 0 saturated heterocycles. The van der Waals surface area contributed by atoms with Gasteiger partial charge in [-0.2, -0.15) is 0 Å². The Labute approximate surface area is 473 Å². The molecule has 7 aromatic carbocycles. The van der Waals surface area contributed by atoms with Gasteiger partial charge in [0.05, 0.1) is 13.7 Å². The van der Waals surface area contributed by atoms with Crippen LogP contribution in [0.4, 0.5) is 0 Å². The number of fused-ring (bicyclic) bond motifs is 3. The van der Waals surface area contributed by atoms with Crippen LogP contribution in [0.5, 0.6) is 11.5 Å². The van der Waals surface area contributed by atoms with Crippen LogP contribution in [0, 0.1) is 33.6 Å². The summed E-state index contributed by atoms with van der Waals surface area (Å²) in [5.74, 6) is 2.17. The summed E-state index contributed by atoms with van der Waals surface area (Å²) < 4.78 is 12.9. The molecule has 78 heavy (non-hydrogen) atoms. The molecule has 7 aromatic rings. The quantitative estimate of drug-likeness (QED) is 0.0360. The number of aryl methyl sites for hydroxylation is 4. The van der Waals surface area contributed by atoms with E-state index in [4.69, 9.17) is 9.47 Å². The molecule has 1 aliphatic rings. The molecule has 410 valence electrons. The zero-order valence-electron chi connectivity index (χ0n) is 49.5. The van der Waals surface area contributed by atoms with Crippen molar-refractivity contribution in [3.8, 4) is 22.6 Å². The second kappa shape index (κ2) is 30.7. The maximum atomic E-state index is 6.80. The Kier molecular flexibility index (Phi) is 23.3. The third-order valence-corrected chi connectivity index (χ3v) is 16.5. The topological polar surface area (TPSA) is 18.5 Å². The SMILES string of the molecule is CCCCC(CC)COc1cc(C=C(c2ccccc2)c2ccc(C)cc2)c(OC)cc1C=C(c1ccccc1)c1ccc(C)cc1.CCCCCCCCC1(CCCCCCCC)c2cc(C)ccc2-c2ccc(C)cc21. The van der Waals surface area contributed by atoms with Crippen molar-refractivity contribution >= 4 is 23.3 Å². The molecule has 0 heterocycles. The summed E-state index contributed by atoms with van der Waals surface area (Å²) >= 11 is 0. The highest BCUT2D eigenvalue weighted by Gasteiger charge is 2.42. The predicted octanol–water partition coefficient (Wildman–Crippen LogP) is 22.2. The third kappa shape index (κ3) is 16.1. The van der Waals surface area contributed by atoms with Crippen LogP contribution in [-0.2, 0) is 5.41 Å². The minimum atomic E-state index is 0.234. The molecule has 0 bridgehead atoms. The lowest BCUT2D eigenvalue weighted by Gasteiger charge is -2.33. The fraction of sp³-hybridized carbons (Fsp3) is 0.395. The second-order valence-electron chi connectivity index (χ2n) is 22.7.